The number of hydrogen-bond acceptors (Lipinski definition) is 4. The number of carbonyl (C=O) groups is 1. The molecule has 2 unspecified atom stereocenters. The molecule has 88 valence electrons. The maximum absolute atomic E-state index is 11.1. The maximum Gasteiger partial charge on any atom is 0.254 e. The summed E-state index contributed by atoms with van der Waals surface area (Å²) in [5, 5.41) is 12.4. The van der Waals surface area contributed by atoms with Gasteiger partial charge in [0, 0.05) is 30.6 Å². The van der Waals surface area contributed by atoms with Gasteiger partial charge in [0.25, 0.3) is 5.91 Å². The van der Waals surface area contributed by atoms with Gasteiger partial charge < -0.3 is 4.90 Å². The van der Waals surface area contributed by atoms with E-state index in [0.29, 0.717) is 12.0 Å². The van der Waals surface area contributed by atoms with Crippen molar-refractivity contribution in [1.29, 1.82) is 5.26 Å². The first-order valence-electron chi connectivity index (χ1n) is 5.47. The fourth-order valence-electron chi connectivity index (χ4n) is 1.78. The number of hydrogen-bond donors (Lipinski definition) is 1. The van der Waals surface area contributed by atoms with Gasteiger partial charge in [0.1, 0.15) is 6.42 Å². The monoisotopic (exact) mass is 222 g/mol. The molecule has 1 N–H and O–H groups in total. The van der Waals surface area contributed by atoms with Gasteiger partial charge >= 0.3 is 0 Å². The number of carbonyl (C=O) groups excluding carboxylic acids is 1. The first-order chi connectivity index (χ1) is 7.54. The Bertz CT molecular complexity index is 331. The summed E-state index contributed by atoms with van der Waals surface area (Å²) >= 11 is 0. The lowest BCUT2D eigenvalue weighted by Gasteiger charge is -2.34. The number of nitrogens with one attached hydrogen (secondary N) is 1. The Hall–Kier alpha value is -1.41. The standard InChI is InChI=1S/C11H18N4O/c1-8-7-15(3)9(2)6-10(8)13-14-11(16)4-5-12/h8-9H,4,6-7H2,1-3H3,(H,14,16)/b13-10+. The quantitative estimate of drug-likeness (QED) is 0.700. The zero-order valence-corrected chi connectivity index (χ0v) is 10.0. The summed E-state index contributed by atoms with van der Waals surface area (Å²) in [5.41, 5.74) is 3.44. The van der Waals surface area contributed by atoms with Crippen LogP contribution in [0.5, 0.6) is 0 Å². The third-order valence-corrected chi connectivity index (χ3v) is 2.95. The van der Waals surface area contributed by atoms with Crippen molar-refractivity contribution in [3.8, 4) is 6.07 Å². The highest BCUT2D eigenvalue weighted by atomic mass is 16.2. The average Bonchev–Trinajstić information content (AvgIpc) is 2.22. The van der Waals surface area contributed by atoms with Crippen LogP contribution < -0.4 is 5.43 Å². The summed E-state index contributed by atoms with van der Waals surface area (Å²) in [6, 6.07) is 2.24. The van der Waals surface area contributed by atoms with E-state index >= 15 is 0 Å². The molecule has 1 fully saturated rings. The Balaban J connectivity index is 2.56. The summed E-state index contributed by atoms with van der Waals surface area (Å²) in [7, 11) is 2.09. The second-order valence-corrected chi connectivity index (χ2v) is 4.37. The van der Waals surface area contributed by atoms with E-state index in [2.05, 4.69) is 36.3 Å². The Labute approximate surface area is 96.1 Å². The molecule has 16 heavy (non-hydrogen) atoms. The van der Waals surface area contributed by atoms with Crippen LogP contribution >= 0.6 is 0 Å². The van der Waals surface area contributed by atoms with E-state index < -0.39 is 0 Å². The SMILES string of the molecule is CC1CN(C)C(C)C/C1=N\NC(=O)CC#N. The fourth-order valence-corrected chi connectivity index (χ4v) is 1.78. The molecule has 0 bridgehead atoms. The lowest BCUT2D eigenvalue weighted by Crippen LogP contribution is -2.43. The number of amides is 1. The van der Waals surface area contributed by atoms with Crippen LogP contribution in [-0.4, -0.2) is 36.2 Å². The van der Waals surface area contributed by atoms with Crippen LogP contribution in [0.15, 0.2) is 5.10 Å². The summed E-state index contributed by atoms with van der Waals surface area (Å²) in [6.45, 7) is 5.18. The summed E-state index contributed by atoms with van der Waals surface area (Å²) in [5.74, 6) is 0.0115. The van der Waals surface area contributed by atoms with Crippen LogP contribution in [0.2, 0.25) is 0 Å². The molecular formula is C11H18N4O. The van der Waals surface area contributed by atoms with Gasteiger partial charge in [-0.2, -0.15) is 10.4 Å². The normalized spacial score (nSPS) is 28.8. The van der Waals surface area contributed by atoms with Gasteiger partial charge in [-0.3, -0.25) is 4.79 Å². The predicted octanol–water partition coefficient (Wildman–Crippen LogP) is 0.732. The topological polar surface area (TPSA) is 68.5 Å². The predicted molar refractivity (Wildman–Crippen MR) is 61.7 cm³/mol. The van der Waals surface area contributed by atoms with Crippen molar-refractivity contribution in [2.45, 2.75) is 32.7 Å². The summed E-state index contributed by atoms with van der Waals surface area (Å²) in [4.78, 5) is 13.4. The lowest BCUT2D eigenvalue weighted by molar-refractivity contribution is -0.120. The second-order valence-electron chi connectivity index (χ2n) is 4.37. The molecule has 0 aromatic heterocycles. The molecule has 0 aliphatic carbocycles. The van der Waals surface area contributed by atoms with Gasteiger partial charge in [0.2, 0.25) is 0 Å². The van der Waals surface area contributed by atoms with Gasteiger partial charge in [-0.05, 0) is 14.0 Å². The minimum absolute atomic E-state index is 0.138. The van der Waals surface area contributed by atoms with Gasteiger partial charge in [-0.15, -0.1) is 0 Å². The fraction of sp³-hybridized carbons (Fsp3) is 0.727. The van der Waals surface area contributed by atoms with Crippen molar-refractivity contribution >= 4 is 11.6 Å². The van der Waals surface area contributed by atoms with Gasteiger partial charge in [-0.25, -0.2) is 5.43 Å². The van der Waals surface area contributed by atoms with E-state index in [4.69, 9.17) is 5.26 Å². The smallest absolute Gasteiger partial charge is 0.254 e. The van der Waals surface area contributed by atoms with Crippen molar-refractivity contribution in [1.82, 2.24) is 10.3 Å². The molecule has 1 rings (SSSR count). The molecule has 0 spiro atoms. The molecule has 1 aliphatic heterocycles. The Morgan fingerprint density at radius 3 is 3.00 bits per heavy atom. The molecule has 0 radical (unpaired) electrons. The molecule has 0 aromatic rings. The van der Waals surface area contributed by atoms with Gasteiger partial charge in [0.15, 0.2) is 0 Å². The largest absolute Gasteiger partial charge is 0.303 e. The number of rotatable bonds is 2. The Morgan fingerprint density at radius 1 is 1.69 bits per heavy atom. The van der Waals surface area contributed by atoms with Crippen LogP contribution in [0, 0.1) is 17.2 Å². The van der Waals surface area contributed by atoms with Crippen LogP contribution in [-0.2, 0) is 4.79 Å². The van der Waals surface area contributed by atoms with Crippen molar-refractivity contribution in [3.63, 3.8) is 0 Å². The molecular weight excluding hydrogens is 204 g/mol. The number of hydrazone groups is 1. The van der Waals surface area contributed by atoms with E-state index in [9.17, 15) is 4.79 Å². The molecule has 5 heteroatoms. The number of nitrogens with zero attached hydrogens (tertiary/aromatic N) is 3. The lowest BCUT2D eigenvalue weighted by atomic mass is 9.93. The first kappa shape index (κ1) is 12.7. The van der Waals surface area contributed by atoms with Crippen LogP contribution in [0.4, 0.5) is 0 Å². The number of nitriles is 1. The Morgan fingerprint density at radius 2 is 2.38 bits per heavy atom. The first-order valence-corrected chi connectivity index (χ1v) is 5.47. The van der Waals surface area contributed by atoms with Crippen molar-refractivity contribution in [3.05, 3.63) is 0 Å². The summed E-state index contributed by atoms with van der Waals surface area (Å²) in [6.07, 6.45) is 0.727. The van der Waals surface area contributed by atoms with E-state index in [1.807, 2.05) is 0 Å². The molecule has 5 nitrogen and oxygen atoms in total. The highest BCUT2D eigenvalue weighted by molar-refractivity contribution is 5.89. The molecule has 0 saturated carbocycles. The van der Waals surface area contributed by atoms with Crippen molar-refractivity contribution in [2.24, 2.45) is 11.0 Å². The molecule has 1 saturated heterocycles. The van der Waals surface area contributed by atoms with Crippen LogP contribution in [0.25, 0.3) is 0 Å². The minimum Gasteiger partial charge on any atom is -0.303 e. The molecule has 1 heterocycles. The van der Waals surface area contributed by atoms with Crippen molar-refractivity contribution in [2.75, 3.05) is 13.6 Å². The Kier molecular flexibility index (Phi) is 4.44. The van der Waals surface area contributed by atoms with Crippen LogP contribution in [0.1, 0.15) is 26.7 Å². The molecule has 2 atom stereocenters. The van der Waals surface area contributed by atoms with Crippen LogP contribution in [0.3, 0.4) is 0 Å². The van der Waals surface area contributed by atoms with Gasteiger partial charge in [-0.1, -0.05) is 6.92 Å². The number of piperidine rings is 1. The third-order valence-electron chi connectivity index (χ3n) is 2.95. The van der Waals surface area contributed by atoms with E-state index in [1.165, 1.54) is 0 Å². The highest BCUT2D eigenvalue weighted by Gasteiger charge is 2.25. The highest BCUT2D eigenvalue weighted by Crippen LogP contribution is 2.17. The second kappa shape index (κ2) is 5.61. The minimum atomic E-state index is -0.339. The van der Waals surface area contributed by atoms with Crippen molar-refractivity contribution < 1.29 is 4.79 Å². The van der Waals surface area contributed by atoms with E-state index in [0.717, 1.165) is 18.7 Å². The molecule has 1 amide bonds. The zero-order chi connectivity index (χ0) is 12.1. The average molecular weight is 222 g/mol. The maximum atomic E-state index is 11.1. The van der Waals surface area contributed by atoms with E-state index in [1.54, 1.807) is 6.07 Å². The number of likely N-dealkylation sites (tertiary alicyclic amines) is 1. The zero-order valence-electron chi connectivity index (χ0n) is 10.0. The third kappa shape index (κ3) is 3.31. The molecule has 1 aliphatic rings. The van der Waals surface area contributed by atoms with Gasteiger partial charge in [0.05, 0.1) is 6.07 Å². The summed E-state index contributed by atoms with van der Waals surface area (Å²) < 4.78 is 0. The molecule has 0 aromatic carbocycles. The van der Waals surface area contributed by atoms with E-state index in [-0.39, 0.29) is 12.3 Å².